The molecular formula is C8H13BrN2O2. The molecule has 0 saturated carbocycles. The van der Waals surface area contributed by atoms with Gasteiger partial charge in [0.2, 0.25) is 11.8 Å². The first-order valence-corrected chi connectivity index (χ1v) is 5.46. The molecule has 1 saturated heterocycles. The summed E-state index contributed by atoms with van der Waals surface area (Å²) in [6, 6.07) is 0. The molecule has 0 aromatic rings. The molecule has 1 fully saturated rings. The van der Waals surface area contributed by atoms with E-state index < -0.39 is 0 Å². The zero-order valence-electron chi connectivity index (χ0n) is 7.38. The van der Waals surface area contributed by atoms with Crippen molar-refractivity contribution in [3.63, 3.8) is 0 Å². The molecule has 0 aromatic carbocycles. The lowest BCUT2D eigenvalue weighted by Gasteiger charge is -2.18. The second kappa shape index (κ2) is 5.21. The second-order valence-electron chi connectivity index (χ2n) is 2.92. The van der Waals surface area contributed by atoms with Crippen molar-refractivity contribution in [1.29, 1.82) is 0 Å². The molecule has 13 heavy (non-hydrogen) atoms. The summed E-state index contributed by atoms with van der Waals surface area (Å²) >= 11 is 3.22. The SMILES string of the molecule is O=C1CCN(C(=O)CCBr)CCN1. The van der Waals surface area contributed by atoms with Crippen LogP contribution in [0, 0.1) is 0 Å². The molecule has 2 amide bonds. The van der Waals surface area contributed by atoms with Crippen molar-refractivity contribution in [2.24, 2.45) is 0 Å². The van der Waals surface area contributed by atoms with Crippen LogP contribution < -0.4 is 5.32 Å². The van der Waals surface area contributed by atoms with Crippen molar-refractivity contribution >= 4 is 27.7 Å². The zero-order valence-corrected chi connectivity index (χ0v) is 8.97. The maximum atomic E-state index is 11.4. The number of alkyl halides is 1. The molecule has 1 aliphatic rings. The van der Waals surface area contributed by atoms with E-state index in [4.69, 9.17) is 0 Å². The fraction of sp³-hybridized carbons (Fsp3) is 0.750. The van der Waals surface area contributed by atoms with E-state index in [-0.39, 0.29) is 11.8 Å². The fourth-order valence-electron chi connectivity index (χ4n) is 1.26. The number of carbonyl (C=O) groups excluding carboxylic acids is 2. The van der Waals surface area contributed by atoms with E-state index in [0.717, 1.165) is 0 Å². The Kier molecular flexibility index (Phi) is 4.21. The standard InChI is InChI=1S/C8H13BrN2O2/c9-3-1-8(13)11-5-2-7(12)10-4-6-11/h1-6H2,(H,10,12). The number of rotatable bonds is 2. The molecule has 1 aliphatic heterocycles. The first-order chi connectivity index (χ1) is 6.24. The van der Waals surface area contributed by atoms with Crippen LogP contribution in [0.5, 0.6) is 0 Å². The van der Waals surface area contributed by atoms with E-state index in [1.807, 2.05) is 0 Å². The predicted molar refractivity (Wildman–Crippen MR) is 52.6 cm³/mol. The van der Waals surface area contributed by atoms with Gasteiger partial charge in [0.05, 0.1) is 0 Å². The molecule has 1 rings (SSSR count). The third-order valence-corrected chi connectivity index (χ3v) is 2.37. The summed E-state index contributed by atoms with van der Waals surface area (Å²) in [5, 5.41) is 3.41. The first-order valence-electron chi connectivity index (χ1n) is 4.34. The van der Waals surface area contributed by atoms with Crippen LogP contribution in [-0.2, 0) is 9.59 Å². The quantitative estimate of drug-likeness (QED) is 0.707. The van der Waals surface area contributed by atoms with Gasteiger partial charge in [-0.1, -0.05) is 15.9 Å². The lowest BCUT2D eigenvalue weighted by Crippen LogP contribution is -2.34. The van der Waals surface area contributed by atoms with Gasteiger partial charge in [-0.15, -0.1) is 0 Å². The molecule has 0 spiro atoms. The van der Waals surface area contributed by atoms with Crippen molar-refractivity contribution in [2.45, 2.75) is 12.8 Å². The maximum absolute atomic E-state index is 11.4. The van der Waals surface area contributed by atoms with E-state index in [2.05, 4.69) is 21.2 Å². The average Bonchev–Trinajstić information content (AvgIpc) is 2.30. The number of hydrogen-bond donors (Lipinski definition) is 1. The Morgan fingerprint density at radius 3 is 3.00 bits per heavy atom. The van der Waals surface area contributed by atoms with Gasteiger partial charge >= 0.3 is 0 Å². The summed E-state index contributed by atoms with van der Waals surface area (Å²) in [7, 11) is 0. The molecule has 1 N–H and O–H groups in total. The Morgan fingerprint density at radius 2 is 2.31 bits per heavy atom. The van der Waals surface area contributed by atoms with Gasteiger partial charge in [-0.05, 0) is 0 Å². The van der Waals surface area contributed by atoms with E-state index in [9.17, 15) is 9.59 Å². The van der Waals surface area contributed by atoms with Gasteiger partial charge in [-0.2, -0.15) is 0 Å². The molecular weight excluding hydrogens is 236 g/mol. The lowest BCUT2D eigenvalue weighted by molar-refractivity contribution is -0.130. The van der Waals surface area contributed by atoms with E-state index >= 15 is 0 Å². The molecule has 5 heteroatoms. The van der Waals surface area contributed by atoms with Crippen LogP contribution >= 0.6 is 15.9 Å². The van der Waals surface area contributed by atoms with Crippen LogP contribution in [0.15, 0.2) is 0 Å². The van der Waals surface area contributed by atoms with Gasteiger partial charge in [-0.3, -0.25) is 9.59 Å². The monoisotopic (exact) mass is 248 g/mol. The van der Waals surface area contributed by atoms with Crippen LogP contribution in [0.2, 0.25) is 0 Å². The van der Waals surface area contributed by atoms with Crippen molar-refractivity contribution in [1.82, 2.24) is 10.2 Å². The summed E-state index contributed by atoms with van der Waals surface area (Å²) in [4.78, 5) is 24.1. The molecule has 0 atom stereocenters. The van der Waals surface area contributed by atoms with Gasteiger partial charge in [0, 0.05) is 37.8 Å². The Balaban J connectivity index is 2.41. The highest BCUT2D eigenvalue weighted by molar-refractivity contribution is 9.09. The highest BCUT2D eigenvalue weighted by atomic mass is 79.9. The lowest BCUT2D eigenvalue weighted by atomic mass is 10.3. The number of halogens is 1. The molecule has 0 aromatic heterocycles. The minimum Gasteiger partial charge on any atom is -0.354 e. The third kappa shape index (κ3) is 3.34. The smallest absolute Gasteiger partial charge is 0.223 e. The normalized spacial score (nSPS) is 17.9. The minimum atomic E-state index is 0.0362. The summed E-state index contributed by atoms with van der Waals surface area (Å²) in [6.45, 7) is 1.77. The van der Waals surface area contributed by atoms with Crippen molar-refractivity contribution in [3.8, 4) is 0 Å². The number of carbonyl (C=O) groups is 2. The fourth-order valence-corrected chi connectivity index (χ4v) is 1.59. The number of nitrogens with zero attached hydrogens (tertiary/aromatic N) is 1. The van der Waals surface area contributed by atoms with Crippen molar-refractivity contribution in [2.75, 3.05) is 25.0 Å². The highest BCUT2D eigenvalue weighted by Gasteiger charge is 2.17. The van der Waals surface area contributed by atoms with Gasteiger partial charge in [0.15, 0.2) is 0 Å². The van der Waals surface area contributed by atoms with E-state index in [1.54, 1.807) is 4.90 Å². The Morgan fingerprint density at radius 1 is 1.54 bits per heavy atom. The van der Waals surface area contributed by atoms with Crippen LogP contribution in [-0.4, -0.2) is 41.7 Å². The van der Waals surface area contributed by atoms with Crippen LogP contribution in [0.25, 0.3) is 0 Å². The van der Waals surface area contributed by atoms with Crippen LogP contribution in [0.3, 0.4) is 0 Å². The maximum Gasteiger partial charge on any atom is 0.223 e. The Bertz CT molecular complexity index is 208. The first kappa shape index (κ1) is 10.5. The average molecular weight is 249 g/mol. The molecule has 4 nitrogen and oxygen atoms in total. The molecule has 74 valence electrons. The number of hydrogen-bond acceptors (Lipinski definition) is 2. The van der Waals surface area contributed by atoms with E-state index in [1.165, 1.54) is 0 Å². The Hall–Kier alpha value is -0.580. The van der Waals surface area contributed by atoms with Crippen LogP contribution in [0.1, 0.15) is 12.8 Å². The number of amides is 2. The highest BCUT2D eigenvalue weighted by Crippen LogP contribution is 2.01. The minimum absolute atomic E-state index is 0.0362. The Labute approximate surface area is 85.8 Å². The van der Waals surface area contributed by atoms with Gasteiger partial charge in [0.25, 0.3) is 0 Å². The topological polar surface area (TPSA) is 49.4 Å². The molecule has 0 radical (unpaired) electrons. The zero-order chi connectivity index (χ0) is 9.68. The largest absolute Gasteiger partial charge is 0.354 e. The summed E-state index contributed by atoms with van der Waals surface area (Å²) in [5.74, 6) is 0.155. The van der Waals surface area contributed by atoms with Gasteiger partial charge in [-0.25, -0.2) is 0 Å². The molecule has 0 unspecified atom stereocenters. The third-order valence-electron chi connectivity index (χ3n) is 1.97. The summed E-state index contributed by atoms with van der Waals surface area (Å²) in [5.41, 5.74) is 0. The molecule has 0 aliphatic carbocycles. The summed E-state index contributed by atoms with van der Waals surface area (Å²) in [6.07, 6.45) is 0.933. The van der Waals surface area contributed by atoms with Crippen LogP contribution in [0.4, 0.5) is 0 Å². The van der Waals surface area contributed by atoms with Gasteiger partial charge < -0.3 is 10.2 Å². The second-order valence-corrected chi connectivity index (χ2v) is 3.71. The van der Waals surface area contributed by atoms with Crippen molar-refractivity contribution < 1.29 is 9.59 Å². The van der Waals surface area contributed by atoms with Crippen molar-refractivity contribution in [3.05, 3.63) is 0 Å². The molecule has 1 heterocycles. The molecule has 0 bridgehead atoms. The number of nitrogens with one attached hydrogen (secondary N) is 1. The summed E-state index contributed by atoms with van der Waals surface area (Å²) < 4.78 is 0. The van der Waals surface area contributed by atoms with E-state index in [0.29, 0.717) is 37.8 Å². The van der Waals surface area contributed by atoms with Gasteiger partial charge in [0.1, 0.15) is 0 Å². The predicted octanol–water partition coefficient (Wildman–Crippen LogP) is 0.120.